The second kappa shape index (κ2) is 5.55. The number of hydrogen-bond donors (Lipinski definition) is 1. The average molecular weight is 333 g/mol. The quantitative estimate of drug-likeness (QED) is 0.914. The second-order valence-electron chi connectivity index (χ2n) is 6.08. The van der Waals surface area contributed by atoms with Crippen LogP contribution in [0, 0.1) is 5.82 Å². The van der Waals surface area contributed by atoms with Gasteiger partial charge in [0.15, 0.2) is 11.6 Å². The lowest BCUT2D eigenvalue weighted by Gasteiger charge is -2.28. The number of hydrogen-bond acceptors (Lipinski definition) is 5. The van der Waals surface area contributed by atoms with Gasteiger partial charge in [0.2, 0.25) is 5.43 Å². The third kappa shape index (κ3) is 2.43. The first-order chi connectivity index (χ1) is 11.6. The Morgan fingerprint density at radius 3 is 2.67 bits per heavy atom. The van der Waals surface area contributed by atoms with Gasteiger partial charge in [0, 0.05) is 25.3 Å². The highest BCUT2D eigenvalue weighted by atomic mass is 19.1. The van der Waals surface area contributed by atoms with Gasteiger partial charge in [0.05, 0.1) is 18.6 Å². The molecule has 0 amide bonds. The molecule has 1 N–H and O–H groups in total. The van der Waals surface area contributed by atoms with E-state index in [1.165, 1.54) is 6.20 Å². The molecule has 126 valence electrons. The lowest BCUT2D eigenvalue weighted by molar-refractivity contribution is 0.0695. The van der Waals surface area contributed by atoms with Crippen molar-refractivity contribution in [3.63, 3.8) is 0 Å². The van der Waals surface area contributed by atoms with Crippen LogP contribution in [0.15, 0.2) is 17.1 Å². The van der Waals surface area contributed by atoms with E-state index in [-0.39, 0.29) is 22.8 Å². The molecule has 1 saturated carbocycles. The lowest BCUT2D eigenvalue weighted by Crippen LogP contribution is -2.37. The molecule has 0 unspecified atom stereocenters. The zero-order valence-electron chi connectivity index (χ0n) is 12.9. The van der Waals surface area contributed by atoms with Crippen molar-refractivity contribution in [3.8, 4) is 0 Å². The minimum Gasteiger partial charge on any atom is -0.477 e. The van der Waals surface area contributed by atoms with Gasteiger partial charge in [-0.3, -0.25) is 4.79 Å². The standard InChI is InChI=1S/C16H16FN3O4/c17-12-7-10-13(21)11(16(22)23)8-20(9-1-2-9)14(10)18-15(12)19-3-5-24-6-4-19/h7-9H,1-6H2,(H,22,23). The third-order valence-corrected chi connectivity index (χ3v) is 4.42. The first-order valence-corrected chi connectivity index (χ1v) is 7.87. The molecule has 2 aliphatic rings. The molecular formula is C16H16FN3O4. The van der Waals surface area contributed by atoms with Gasteiger partial charge < -0.3 is 19.3 Å². The molecule has 2 fully saturated rings. The number of rotatable bonds is 3. The zero-order chi connectivity index (χ0) is 16.8. The van der Waals surface area contributed by atoms with Crippen molar-refractivity contribution in [1.29, 1.82) is 0 Å². The summed E-state index contributed by atoms with van der Waals surface area (Å²) in [7, 11) is 0. The maximum atomic E-state index is 14.5. The Labute approximate surface area is 136 Å². The Hall–Kier alpha value is -2.48. The van der Waals surface area contributed by atoms with Gasteiger partial charge in [-0.1, -0.05) is 0 Å². The summed E-state index contributed by atoms with van der Waals surface area (Å²) in [5.41, 5.74) is -0.709. The summed E-state index contributed by atoms with van der Waals surface area (Å²) in [6, 6.07) is 1.22. The molecule has 0 aromatic carbocycles. The number of carbonyl (C=O) groups is 1. The molecule has 3 heterocycles. The molecule has 0 atom stereocenters. The van der Waals surface area contributed by atoms with Crippen molar-refractivity contribution in [2.45, 2.75) is 18.9 Å². The monoisotopic (exact) mass is 333 g/mol. The number of aromatic nitrogens is 2. The van der Waals surface area contributed by atoms with Gasteiger partial charge in [-0.15, -0.1) is 0 Å². The molecule has 0 bridgehead atoms. The number of carboxylic acids is 1. The summed E-state index contributed by atoms with van der Waals surface area (Å²) < 4.78 is 21.5. The van der Waals surface area contributed by atoms with Crippen molar-refractivity contribution >= 4 is 22.8 Å². The summed E-state index contributed by atoms with van der Waals surface area (Å²) in [6.45, 7) is 2.03. The Bertz CT molecular complexity index is 885. The van der Waals surface area contributed by atoms with Gasteiger partial charge in [0.25, 0.3) is 0 Å². The summed E-state index contributed by atoms with van der Waals surface area (Å²) in [6.07, 6.45) is 3.12. The first-order valence-electron chi connectivity index (χ1n) is 7.87. The van der Waals surface area contributed by atoms with Crippen LogP contribution < -0.4 is 10.3 Å². The number of aromatic carboxylic acids is 1. The molecule has 4 rings (SSSR count). The fourth-order valence-corrected chi connectivity index (χ4v) is 3.02. The van der Waals surface area contributed by atoms with E-state index in [0.717, 1.165) is 18.9 Å². The van der Waals surface area contributed by atoms with Gasteiger partial charge >= 0.3 is 5.97 Å². The van der Waals surface area contributed by atoms with Crippen molar-refractivity contribution in [2.75, 3.05) is 31.2 Å². The van der Waals surface area contributed by atoms with Crippen LogP contribution in [0.25, 0.3) is 11.0 Å². The highest BCUT2D eigenvalue weighted by Gasteiger charge is 2.29. The van der Waals surface area contributed by atoms with Gasteiger partial charge in [0.1, 0.15) is 11.2 Å². The Balaban J connectivity index is 1.95. The SMILES string of the molecule is O=C(O)c1cn(C2CC2)c2nc(N3CCOCC3)c(F)cc2c1=O. The first kappa shape index (κ1) is 15.1. The maximum Gasteiger partial charge on any atom is 0.341 e. The third-order valence-electron chi connectivity index (χ3n) is 4.42. The van der Waals surface area contributed by atoms with Crippen LogP contribution in [0.1, 0.15) is 29.2 Å². The smallest absolute Gasteiger partial charge is 0.341 e. The minimum absolute atomic E-state index is 0.0105. The highest BCUT2D eigenvalue weighted by molar-refractivity contribution is 5.92. The number of nitrogens with zero attached hydrogens (tertiary/aromatic N) is 3. The van der Waals surface area contributed by atoms with Crippen molar-refractivity contribution in [2.24, 2.45) is 0 Å². The maximum absolute atomic E-state index is 14.5. The summed E-state index contributed by atoms with van der Waals surface area (Å²) in [5, 5.41) is 9.24. The summed E-state index contributed by atoms with van der Waals surface area (Å²) in [4.78, 5) is 29.8. The molecule has 2 aromatic rings. The van der Waals surface area contributed by atoms with Gasteiger partial charge in [-0.05, 0) is 18.9 Å². The number of halogens is 1. The molecule has 1 saturated heterocycles. The Morgan fingerprint density at radius 2 is 2.04 bits per heavy atom. The van der Waals surface area contributed by atoms with E-state index in [9.17, 15) is 19.1 Å². The summed E-state index contributed by atoms with van der Waals surface area (Å²) in [5.74, 6) is -1.75. The number of ether oxygens (including phenoxy) is 1. The Morgan fingerprint density at radius 1 is 1.33 bits per heavy atom. The normalized spacial score (nSPS) is 18.1. The van der Waals surface area contributed by atoms with Gasteiger partial charge in [-0.2, -0.15) is 0 Å². The molecule has 8 heteroatoms. The molecule has 7 nitrogen and oxygen atoms in total. The Kier molecular flexibility index (Phi) is 3.49. The van der Waals surface area contributed by atoms with Crippen molar-refractivity contribution < 1.29 is 19.0 Å². The van der Waals surface area contributed by atoms with Crippen LogP contribution in [0.3, 0.4) is 0 Å². The van der Waals surface area contributed by atoms with E-state index in [0.29, 0.717) is 32.0 Å². The highest BCUT2D eigenvalue weighted by Crippen LogP contribution is 2.37. The molecule has 1 aliphatic heterocycles. The predicted octanol–water partition coefficient (Wildman–Crippen LogP) is 1.41. The molecule has 2 aromatic heterocycles. The van der Waals surface area contributed by atoms with E-state index in [2.05, 4.69) is 4.98 Å². The number of anilines is 1. The van der Waals surface area contributed by atoms with Crippen LogP contribution in [-0.4, -0.2) is 46.9 Å². The summed E-state index contributed by atoms with van der Waals surface area (Å²) >= 11 is 0. The van der Waals surface area contributed by atoms with Crippen molar-refractivity contribution in [1.82, 2.24) is 9.55 Å². The van der Waals surface area contributed by atoms with E-state index in [1.54, 1.807) is 9.47 Å². The molecule has 0 spiro atoms. The lowest BCUT2D eigenvalue weighted by atomic mass is 10.2. The zero-order valence-corrected chi connectivity index (χ0v) is 12.9. The topological polar surface area (TPSA) is 84.7 Å². The number of carboxylic acid groups (broad SMARTS) is 1. The second-order valence-corrected chi connectivity index (χ2v) is 6.08. The van der Waals surface area contributed by atoms with Crippen LogP contribution in [-0.2, 0) is 4.74 Å². The van der Waals surface area contributed by atoms with Crippen LogP contribution in [0.4, 0.5) is 10.2 Å². The van der Waals surface area contributed by atoms with Crippen molar-refractivity contribution in [3.05, 3.63) is 33.9 Å². The van der Waals surface area contributed by atoms with Crippen LogP contribution in [0.5, 0.6) is 0 Å². The van der Waals surface area contributed by atoms with Crippen LogP contribution in [0.2, 0.25) is 0 Å². The van der Waals surface area contributed by atoms with E-state index in [4.69, 9.17) is 4.74 Å². The van der Waals surface area contributed by atoms with E-state index >= 15 is 0 Å². The molecular weight excluding hydrogens is 317 g/mol. The van der Waals surface area contributed by atoms with Crippen LogP contribution >= 0.6 is 0 Å². The predicted molar refractivity (Wildman–Crippen MR) is 84.2 cm³/mol. The fourth-order valence-electron chi connectivity index (χ4n) is 3.02. The average Bonchev–Trinajstić information content (AvgIpc) is 3.40. The van der Waals surface area contributed by atoms with E-state index < -0.39 is 17.2 Å². The number of fused-ring (bicyclic) bond motifs is 1. The van der Waals surface area contributed by atoms with Gasteiger partial charge in [-0.25, -0.2) is 14.2 Å². The molecule has 24 heavy (non-hydrogen) atoms. The fraction of sp³-hybridized carbons (Fsp3) is 0.438. The number of morpholine rings is 1. The molecule has 0 radical (unpaired) electrons. The largest absolute Gasteiger partial charge is 0.477 e. The molecule has 1 aliphatic carbocycles. The number of pyridine rings is 2. The minimum atomic E-state index is -1.31. The van der Waals surface area contributed by atoms with E-state index in [1.807, 2.05) is 0 Å².